The zero-order valence-corrected chi connectivity index (χ0v) is 12.8. The van der Waals surface area contributed by atoms with Crippen LogP contribution in [-0.2, 0) is 9.47 Å². The molecule has 0 spiro atoms. The summed E-state index contributed by atoms with van der Waals surface area (Å²) in [6, 6.07) is 5.35. The molecular formula is C14H22ClNO4. The normalized spacial score (nSPS) is 13.8. The number of rotatable bonds is 9. The van der Waals surface area contributed by atoms with Gasteiger partial charge in [0.15, 0.2) is 0 Å². The number of nitrogens with one attached hydrogen (secondary N) is 1. The molecule has 0 aliphatic carbocycles. The molecule has 2 N–H and O–H groups in total. The van der Waals surface area contributed by atoms with E-state index in [0.29, 0.717) is 23.9 Å². The Morgan fingerprint density at radius 2 is 2.05 bits per heavy atom. The van der Waals surface area contributed by atoms with E-state index in [1.54, 1.807) is 26.4 Å². The van der Waals surface area contributed by atoms with Crippen molar-refractivity contribution in [3.63, 3.8) is 0 Å². The molecule has 0 saturated carbocycles. The number of aliphatic hydroxyl groups is 1. The highest BCUT2D eigenvalue weighted by Crippen LogP contribution is 2.27. The number of ether oxygens (including phenoxy) is 3. The van der Waals surface area contributed by atoms with Gasteiger partial charge >= 0.3 is 0 Å². The maximum absolute atomic E-state index is 9.82. The van der Waals surface area contributed by atoms with Gasteiger partial charge in [0, 0.05) is 25.4 Å². The molecule has 0 heterocycles. The molecule has 2 unspecified atom stereocenters. The molecule has 0 fully saturated rings. The lowest BCUT2D eigenvalue weighted by Gasteiger charge is -2.17. The largest absolute Gasteiger partial charge is 0.495 e. The molecule has 0 aromatic heterocycles. The lowest BCUT2D eigenvalue weighted by molar-refractivity contribution is -0.0282. The highest BCUT2D eigenvalue weighted by atomic mass is 35.5. The zero-order valence-electron chi connectivity index (χ0n) is 12.1. The molecule has 0 aliphatic heterocycles. The van der Waals surface area contributed by atoms with E-state index in [1.807, 2.05) is 13.0 Å². The van der Waals surface area contributed by atoms with E-state index in [2.05, 4.69) is 5.32 Å². The second-order valence-corrected chi connectivity index (χ2v) is 4.89. The number of anilines is 1. The number of halogens is 1. The van der Waals surface area contributed by atoms with E-state index in [4.69, 9.17) is 25.8 Å². The molecule has 0 saturated heterocycles. The van der Waals surface area contributed by atoms with E-state index in [0.717, 1.165) is 5.69 Å². The molecule has 1 rings (SSSR count). The van der Waals surface area contributed by atoms with Gasteiger partial charge in [0.25, 0.3) is 0 Å². The molecule has 20 heavy (non-hydrogen) atoms. The maximum atomic E-state index is 9.82. The van der Waals surface area contributed by atoms with Crippen LogP contribution in [0, 0.1) is 0 Å². The molecule has 1 aromatic rings. The van der Waals surface area contributed by atoms with Crippen molar-refractivity contribution < 1.29 is 19.3 Å². The highest BCUT2D eigenvalue weighted by molar-refractivity contribution is 6.32. The van der Waals surface area contributed by atoms with Gasteiger partial charge < -0.3 is 24.6 Å². The lowest BCUT2D eigenvalue weighted by atomic mass is 10.3. The van der Waals surface area contributed by atoms with Crippen LogP contribution in [0.15, 0.2) is 18.2 Å². The first-order valence-electron chi connectivity index (χ1n) is 6.42. The SMILES string of the molecule is COCC(C)OCC(O)CNc1ccc(Cl)c(OC)c1. The molecule has 0 aliphatic rings. The molecule has 1 aromatic carbocycles. The van der Waals surface area contributed by atoms with Crippen LogP contribution < -0.4 is 10.1 Å². The zero-order chi connectivity index (χ0) is 15.0. The molecule has 0 amide bonds. The third-order valence-corrected chi connectivity index (χ3v) is 2.98. The minimum Gasteiger partial charge on any atom is -0.495 e. The predicted molar refractivity (Wildman–Crippen MR) is 79.8 cm³/mol. The summed E-state index contributed by atoms with van der Waals surface area (Å²) in [7, 11) is 3.18. The van der Waals surface area contributed by atoms with Crippen molar-refractivity contribution in [2.75, 3.05) is 39.3 Å². The minimum absolute atomic E-state index is 0.0368. The van der Waals surface area contributed by atoms with Crippen LogP contribution >= 0.6 is 11.6 Å². The van der Waals surface area contributed by atoms with E-state index in [1.165, 1.54) is 0 Å². The summed E-state index contributed by atoms with van der Waals surface area (Å²) >= 11 is 5.94. The van der Waals surface area contributed by atoms with Crippen LogP contribution in [0.25, 0.3) is 0 Å². The second-order valence-electron chi connectivity index (χ2n) is 4.48. The number of benzene rings is 1. The van der Waals surface area contributed by atoms with Gasteiger partial charge in [-0.1, -0.05) is 11.6 Å². The van der Waals surface area contributed by atoms with Gasteiger partial charge in [-0.05, 0) is 19.1 Å². The number of hydrogen-bond donors (Lipinski definition) is 2. The molecule has 0 radical (unpaired) electrons. The molecular weight excluding hydrogens is 282 g/mol. The summed E-state index contributed by atoms with van der Waals surface area (Å²) in [4.78, 5) is 0. The Hall–Kier alpha value is -1.01. The van der Waals surface area contributed by atoms with E-state index >= 15 is 0 Å². The van der Waals surface area contributed by atoms with Crippen molar-refractivity contribution >= 4 is 17.3 Å². The van der Waals surface area contributed by atoms with Crippen molar-refractivity contribution in [3.8, 4) is 5.75 Å². The summed E-state index contributed by atoms with van der Waals surface area (Å²) in [6.07, 6.45) is -0.638. The van der Waals surface area contributed by atoms with E-state index in [-0.39, 0.29) is 12.7 Å². The predicted octanol–water partition coefficient (Wildman–Crippen LogP) is 2.17. The Morgan fingerprint density at radius 3 is 2.70 bits per heavy atom. The van der Waals surface area contributed by atoms with Gasteiger partial charge in [-0.3, -0.25) is 0 Å². The summed E-state index contributed by atoms with van der Waals surface area (Å²) in [5.41, 5.74) is 0.829. The molecule has 2 atom stereocenters. The smallest absolute Gasteiger partial charge is 0.139 e. The topological polar surface area (TPSA) is 60.0 Å². The van der Waals surface area contributed by atoms with Gasteiger partial charge in [-0.2, -0.15) is 0 Å². The Morgan fingerprint density at radius 1 is 1.30 bits per heavy atom. The van der Waals surface area contributed by atoms with Crippen molar-refractivity contribution in [3.05, 3.63) is 23.2 Å². The highest BCUT2D eigenvalue weighted by Gasteiger charge is 2.09. The quantitative estimate of drug-likeness (QED) is 0.732. The van der Waals surface area contributed by atoms with Gasteiger partial charge in [-0.25, -0.2) is 0 Å². The van der Waals surface area contributed by atoms with Gasteiger partial charge in [0.05, 0.1) is 37.6 Å². The van der Waals surface area contributed by atoms with Crippen LogP contribution in [0.4, 0.5) is 5.69 Å². The van der Waals surface area contributed by atoms with Gasteiger partial charge in [-0.15, -0.1) is 0 Å². The van der Waals surface area contributed by atoms with Crippen LogP contribution in [0.1, 0.15) is 6.92 Å². The van der Waals surface area contributed by atoms with Crippen LogP contribution in [0.3, 0.4) is 0 Å². The Balaban J connectivity index is 2.35. The summed E-state index contributed by atoms with van der Waals surface area (Å²) in [5.74, 6) is 0.594. The van der Waals surface area contributed by atoms with Crippen LogP contribution in [0.2, 0.25) is 5.02 Å². The maximum Gasteiger partial charge on any atom is 0.139 e. The second kappa shape index (κ2) is 9.02. The average Bonchev–Trinajstić information content (AvgIpc) is 2.44. The van der Waals surface area contributed by atoms with Gasteiger partial charge in [0.2, 0.25) is 0 Å². The number of hydrogen-bond acceptors (Lipinski definition) is 5. The van der Waals surface area contributed by atoms with Crippen molar-refractivity contribution in [1.82, 2.24) is 0 Å². The van der Waals surface area contributed by atoms with Crippen molar-refractivity contribution in [1.29, 1.82) is 0 Å². The first-order chi connectivity index (χ1) is 9.56. The fourth-order valence-electron chi connectivity index (χ4n) is 1.62. The van der Waals surface area contributed by atoms with Crippen LogP contribution in [0.5, 0.6) is 5.75 Å². The molecule has 0 bridgehead atoms. The fourth-order valence-corrected chi connectivity index (χ4v) is 1.82. The Kier molecular flexibility index (Phi) is 7.69. The lowest BCUT2D eigenvalue weighted by Crippen LogP contribution is -2.28. The first kappa shape index (κ1) is 17.0. The van der Waals surface area contributed by atoms with E-state index in [9.17, 15) is 5.11 Å². The van der Waals surface area contributed by atoms with Crippen molar-refractivity contribution in [2.24, 2.45) is 0 Å². The van der Waals surface area contributed by atoms with E-state index < -0.39 is 6.10 Å². The average molecular weight is 304 g/mol. The fraction of sp³-hybridized carbons (Fsp3) is 0.571. The third-order valence-electron chi connectivity index (χ3n) is 2.67. The minimum atomic E-state index is -0.601. The molecule has 114 valence electrons. The monoisotopic (exact) mass is 303 g/mol. The van der Waals surface area contributed by atoms with Gasteiger partial charge in [0.1, 0.15) is 5.75 Å². The summed E-state index contributed by atoms with van der Waals surface area (Å²) in [6.45, 7) is 3.04. The Bertz CT molecular complexity index is 403. The third kappa shape index (κ3) is 5.96. The standard InChI is InChI=1S/C14H22ClNO4/c1-10(8-18-2)20-9-12(17)7-16-11-4-5-13(15)14(6-11)19-3/h4-6,10,12,16-17H,7-9H2,1-3H3. The summed E-state index contributed by atoms with van der Waals surface area (Å²) < 4.78 is 15.5. The van der Waals surface area contributed by atoms with Crippen molar-refractivity contribution in [2.45, 2.75) is 19.1 Å². The first-order valence-corrected chi connectivity index (χ1v) is 6.80. The molecule has 6 heteroatoms. The van der Waals surface area contributed by atoms with Crippen LogP contribution in [-0.4, -0.2) is 51.3 Å². The Labute approximate surface area is 124 Å². The summed E-state index contributed by atoms with van der Waals surface area (Å²) in [5, 5.41) is 13.5. The number of aliphatic hydroxyl groups excluding tert-OH is 1. The molecule has 5 nitrogen and oxygen atoms in total. The number of methoxy groups -OCH3 is 2.